The minimum Gasteiger partial charge on any atom is -0.453 e. The van der Waals surface area contributed by atoms with Gasteiger partial charge in [0.2, 0.25) is 5.91 Å². The Balaban J connectivity index is 0.922. The van der Waals surface area contributed by atoms with Gasteiger partial charge in [0.15, 0.2) is 0 Å². The summed E-state index contributed by atoms with van der Waals surface area (Å²) in [5.74, 6) is 1.73. The second-order valence-corrected chi connectivity index (χ2v) is 18.2. The Kier molecular flexibility index (Phi) is 11.2. The molecule has 15 nitrogen and oxygen atoms in total. The van der Waals surface area contributed by atoms with Crippen molar-refractivity contribution in [3.05, 3.63) is 108 Å². The molecule has 2 aromatic heterocycles. The SMILES string of the molecule is COC[C@H]1C[C@@H](c2nc3c(ccc4cc(-c5ccc6c(ccc7[nH]c([C@@H]8C[C@H]9CC9N8[C@H](O)[C@H](NC(=O)OC)c8ccccc8)nc76)c5)ccc43)[nH]2)N(C(=O)[C@@H](NC(=O)OC)C(C)C)C1. The molecule has 65 heavy (non-hydrogen) atoms. The summed E-state index contributed by atoms with van der Waals surface area (Å²) in [6, 6.07) is 29.0. The van der Waals surface area contributed by atoms with Crippen molar-refractivity contribution in [1.82, 2.24) is 40.4 Å². The molecule has 4 heterocycles. The van der Waals surface area contributed by atoms with Crippen LogP contribution in [0.4, 0.5) is 9.59 Å². The van der Waals surface area contributed by atoms with Gasteiger partial charge in [0, 0.05) is 36.4 Å². The molecule has 0 spiro atoms. The molecule has 7 aromatic rings. The van der Waals surface area contributed by atoms with Gasteiger partial charge in [-0.25, -0.2) is 19.6 Å². The number of rotatable bonds is 12. The molecule has 3 fully saturated rings. The molecule has 5 N–H and O–H groups in total. The molecule has 2 saturated heterocycles. The highest BCUT2D eigenvalue weighted by molar-refractivity contribution is 6.07. The lowest BCUT2D eigenvalue weighted by Crippen LogP contribution is -2.51. The molecule has 15 heteroatoms. The number of methoxy groups -OCH3 is 3. The van der Waals surface area contributed by atoms with Gasteiger partial charge < -0.3 is 44.8 Å². The number of piperidine rings is 1. The topological polar surface area (TPSA) is 187 Å². The van der Waals surface area contributed by atoms with Crippen molar-refractivity contribution in [3.8, 4) is 11.1 Å². The number of likely N-dealkylation sites (tertiary alicyclic amines) is 2. The van der Waals surface area contributed by atoms with Crippen molar-refractivity contribution in [3.63, 3.8) is 0 Å². The average molecular weight is 879 g/mol. The number of amides is 3. The van der Waals surface area contributed by atoms with E-state index in [1.54, 1.807) is 7.11 Å². The maximum absolute atomic E-state index is 14.1. The average Bonchev–Trinajstić information content (AvgIpc) is 3.75. The first-order valence-corrected chi connectivity index (χ1v) is 22.4. The van der Waals surface area contributed by atoms with Crippen LogP contribution in [0.25, 0.3) is 54.7 Å². The molecule has 2 aliphatic heterocycles. The number of aliphatic hydroxyl groups excluding tert-OH is 1. The number of nitrogens with zero attached hydrogens (tertiary/aromatic N) is 4. The standard InChI is InChI=1S/C50H54N8O7/c1-26(2)41(55-49(61)64-4)47(59)57-24-27(25-63-3)19-39(57)45-51-36-17-13-31-20-29(11-15-34(31)43(36)53-45)30-12-16-35-32(21-30)14-18-37-44(35)54-46(52-37)40-23-33-22-38(33)58(40)48(60)42(56-50(62)65-5)28-9-7-6-8-10-28/h6-18,20-21,26-27,33,38-42,48,60H,19,22-25H2,1-5H3,(H,51,53)(H,52,54)(H,55,61)(H,56,62)/t27-,33+,38?,39-,40-,41-,42+,48+/m0/s1. The third kappa shape index (κ3) is 7.80. The monoisotopic (exact) mass is 878 g/mol. The smallest absolute Gasteiger partial charge is 0.407 e. The Bertz CT molecular complexity index is 2930. The number of carbonyl (C=O) groups excluding carboxylic acids is 3. The predicted molar refractivity (Wildman–Crippen MR) is 247 cm³/mol. The zero-order valence-electron chi connectivity index (χ0n) is 37.1. The van der Waals surface area contributed by atoms with Crippen molar-refractivity contribution < 1.29 is 33.7 Å². The van der Waals surface area contributed by atoms with E-state index in [2.05, 4.69) is 80.1 Å². The number of alkyl carbamates (subject to hydrolysis) is 2. The fourth-order valence-corrected chi connectivity index (χ4v) is 10.4. The van der Waals surface area contributed by atoms with Gasteiger partial charge in [0.25, 0.3) is 0 Å². The molecule has 1 unspecified atom stereocenters. The summed E-state index contributed by atoms with van der Waals surface area (Å²) in [5.41, 5.74) is 6.43. The second-order valence-electron chi connectivity index (χ2n) is 18.2. The normalized spacial score (nSPS) is 22.1. The highest BCUT2D eigenvalue weighted by atomic mass is 16.5. The van der Waals surface area contributed by atoms with E-state index in [1.165, 1.54) is 14.2 Å². The summed E-state index contributed by atoms with van der Waals surface area (Å²) in [7, 11) is 4.28. The molecular weight excluding hydrogens is 825 g/mol. The van der Waals surface area contributed by atoms with E-state index in [1.807, 2.05) is 55.1 Å². The van der Waals surface area contributed by atoms with Gasteiger partial charge in [-0.1, -0.05) is 80.6 Å². The Hall–Kier alpha value is -6.55. The highest BCUT2D eigenvalue weighted by Crippen LogP contribution is 2.55. The van der Waals surface area contributed by atoms with Gasteiger partial charge in [0.05, 0.1) is 61.0 Å². The number of hydrogen-bond donors (Lipinski definition) is 5. The number of ether oxygens (including phenoxy) is 3. The van der Waals surface area contributed by atoms with Gasteiger partial charge in [-0.3, -0.25) is 9.69 Å². The van der Waals surface area contributed by atoms with Crippen LogP contribution in [0.2, 0.25) is 0 Å². The number of fused-ring (bicyclic) bond motifs is 7. The summed E-state index contributed by atoms with van der Waals surface area (Å²) in [5, 5.41) is 21.7. The second kappa shape index (κ2) is 17.1. The van der Waals surface area contributed by atoms with Crippen LogP contribution in [0.1, 0.15) is 68.4 Å². The van der Waals surface area contributed by atoms with Crippen LogP contribution in [0, 0.1) is 17.8 Å². The molecule has 0 bridgehead atoms. The maximum atomic E-state index is 14.1. The van der Waals surface area contributed by atoms with Crippen LogP contribution < -0.4 is 10.6 Å². The van der Waals surface area contributed by atoms with Crippen molar-refractivity contribution in [2.45, 2.75) is 69.5 Å². The van der Waals surface area contributed by atoms with Gasteiger partial charge in [0.1, 0.15) is 23.9 Å². The molecular formula is C50H54N8O7. The van der Waals surface area contributed by atoms with E-state index in [-0.39, 0.29) is 35.9 Å². The molecule has 10 rings (SSSR count). The van der Waals surface area contributed by atoms with Crippen molar-refractivity contribution in [1.29, 1.82) is 0 Å². The summed E-state index contributed by atoms with van der Waals surface area (Å²) < 4.78 is 15.3. The van der Waals surface area contributed by atoms with Crippen LogP contribution in [-0.4, -0.2) is 106 Å². The van der Waals surface area contributed by atoms with Crippen LogP contribution in [-0.2, 0) is 19.0 Å². The predicted octanol–water partition coefficient (Wildman–Crippen LogP) is 7.88. The van der Waals surface area contributed by atoms with E-state index in [0.29, 0.717) is 31.3 Å². The fourth-order valence-electron chi connectivity index (χ4n) is 10.4. The third-order valence-electron chi connectivity index (χ3n) is 13.8. The zero-order valence-corrected chi connectivity index (χ0v) is 37.1. The Morgan fingerprint density at radius 3 is 1.94 bits per heavy atom. The molecule has 1 aliphatic carbocycles. The highest BCUT2D eigenvalue weighted by Gasteiger charge is 2.56. The quantitative estimate of drug-likeness (QED) is 0.0809. The Labute approximate surface area is 375 Å². The molecule has 0 radical (unpaired) electrons. The van der Waals surface area contributed by atoms with Crippen molar-refractivity contribution in [2.24, 2.45) is 17.8 Å². The van der Waals surface area contributed by atoms with Crippen LogP contribution in [0.3, 0.4) is 0 Å². The summed E-state index contributed by atoms with van der Waals surface area (Å²) in [4.78, 5) is 60.1. The number of aromatic nitrogens is 4. The first-order chi connectivity index (χ1) is 31.5. The number of imidazole rings is 2. The largest absolute Gasteiger partial charge is 0.453 e. The number of H-pyrrole nitrogens is 2. The molecule has 5 aromatic carbocycles. The van der Waals surface area contributed by atoms with E-state index in [4.69, 9.17) is 24.2 Å². The maximum Gasteiger partial charge on any atom is 0.407 e. The van der Waals surface area contributed by atoms with Gasteiger partial charge in [-0.15, -0.1) is 0 Å². The fraction of sp³-hybridized carbons (Fsp3) is 0.380. The first-order valence-electron chi connectivity index (χ1n) is 22.4. The molecule has 336 valence electrons. The number of carbonyl (C=O) groups is 3. The lowest BCUT2D eigenvalue weighted by Gasteiger charge is -2.36. The molecule has 3 amide bonds. The summed E-state index contributed by atoms with van der Waals surface area (Å²) in [6.07, 6.45) is 0.289. The zero-order chi connectivity index (χ0) is 45.1. The number of benzene rings is 5. The van der Waals surface area contributed by atoms with Crippen molar-refractivity contribution >= 4 is 61.7 Å². The van der Waals surface area contributed by atoms with E-state index < -0.39 is 30.5 Å². The number of aromatic amines is 2. The minimum atomic E-state index is -0.998. The molecule has 3 aliphatic rings. The van der Waals surface area contributed by atoms with E-state index >= 15 is 0 Å². The minimum absolute atomic E-state index is 0.110. The molecule has 1 saturated carbocycles. The van der Waals surface area contributed by atoms with Crippen LogP contribution in [0.15, 0.2) is 91.0 Å². The number of aliphatic hydroxyl groups is 1. The van der Waals surface area contributed by atoms with Gasteiger partial charge >= 0.3 is 12.2 Å². The third-order valence-corrected chi connectivity index (χ3v) is 13.8. The van der Waals surface area contributed by atoms with Crippen LogP contribution >= 0.6 is 0 Å². The lowest BCUT2D eigenvalue weighted by molar-refractivity contribution is -0.135. The van der Waals surface area contributed by atoms with Gasteiger partial charge in [-0.2, -0.15) is 0 Å². The first kappa shape index (κ1) is 42.4. The number of hydrogen-bond acceptors (Lipinski definition) is 10. The van der Waals surface area contributed by atoms with Crippen molar-refractivity contribution in [2.75, 3.05) is 34.5 Å². The number of nitrogens with one attached hydrogen (secondary N) is 4. The van der Waals surface area contributed by atoms with Gasteiger partial charge in [-0.05, 0) is 82.8 Å². The Morgan fingerprint density at radius 2 is 1.35 bits per heavy atom. The van der Waals surface area contributed by atoms with E-state index in [0.717, 1.165) is 79.0 Å². The summed E-state index contributed by atoms with van der Waals surface area (Å²) in [6.45, 7) is 4.80. The summed E-state index contributed by atoms with van der Waals surface area (Å²) >= 11 is 0. The van der Waals surface area contributed by atoms with Crippen LogP contribution in [0.5, 0.6) is 0 Å². The molecule has 8 atom stereocenters. The Morgan fingerprint density at radius 1 is 0.754 bits per heavy atom. The van der Waals surface area contributed by atoms with E-state index in [9.17, 15) is 19.5 Å². The lowest BCUT2D eigenvalue weighted by atomic mass is 9.98.